The van der Waals surface area contributed by atoms with E-state index in [0.717, 1.165) is 11.1 Å². The predicted molar refractivity (Wildman–Crippen MR) is 70.2 cm³/mol. The lowest BCUT2D eigenvalue weighted by Crippen LogP contribution is -1.80. The molecule has 0 aromatic carbocycles. The molecule has 0 aliphatic heterocycles. The molecule has 0 amide bonds. The SMILES string of the molecule is C=CC=N/C=C(C)/C(C=C)=C/C=C(C)C. The highest BCUT2D eigenvalue weighted by Crippen LogP contribution is 2.11. The van der Waals surface area contributed by atoms with Crippen molar-refractivity contribution in [2.75, 3.05) is 0 Å². The van der Waals surface area contributed by atoms with E-state index >= 15 is 0 Å². The molecular weight excluding hydrogens is 182 g/mol. The predicted octanol–water partition coefficient (Wildman–Crippen LogP) is 4.23. The van der Waals surface area contributed by atoms with Gasteiger partial charge in [-0.25, -0.2) is 0 Å². The maximum absolute atomic E-state index is 4.07. The van der Waals surface area contributed by atoms with Gasteiger partial charge in [-0.05, 0) is 31.9 Å². The molecular formula is C14H19N. The average Bonchev–Trinajstić information content (AvgIpc) is 2.18. The van der Waals surface area contributed by atoms with Crippen LogP contribution in [-0.2, 0) is 0 Å². The van der Waals surface area contributed by atoms with E-state index in [1.807, 2.05) is 19.1 Å². The fourth-order valence-corrected chi connectivity index (χ4v) is 0.907. The van der Waals surface area contributed by atoms with Gasteiger partial charge in [-0.15, -0.1) is 0 Å². The molecule has 0 unspecified atom stereocenters. The van der Waals surface area contributed by atoms with Crippen LogP contribution in [0, 0.1) is 0 Å². The molecule has 0 rings (SSSR count). The Morgan fingerprint density at radius 1 is 1.07 bits per heavy atom. The van der Waals surface area contributed by atoms with E-state index in [4.69, 9.17) is 0 Å². The van der Waals surface area contributed by atoms with Crippen molar-refractivity contribution >= 4 is 6.21 Å². The quantitative estimate of drug-likeness (QED) is 0.466. The number of hydrogen-bond donors (Lipinski definition) is 0. The minimum atomic E-state index is 1.08. The standard InChI is InChI=1S/C14H19N/c1-6-10-15-11-13(5)14(7-2)9-8-12(3)4/h6-11H,1-2H2,3-5H3/b13-11+,14-9+,15-10?. The van der Waals surface area contributed by atoms with Gasteiger partial charge in [0.1, 0.15) is 0 Å². The van der Waals surface area contributed by atoms with Gasteiger partial charge in [0, 0.05) is 12.4 Å². The number of nitrogens with zero attached hydrogens (tertiary/aromatic N) is 1. The molecule has 0 aromatic rings. The number of hydrogen-bond acceptors (Lipinski definition) is 1. The lowest BCUT2D eigenvalue weighted by Gasteiger charge is -1.99. The summed E-state index contributed by atoms with van der Waals surface area (Å²) < 4.78 is 0. The van der Waals surface area contributed by atoms with Gasteiger partial charge in [0.2, 0.25) is 0 Å². The van der Waals surface area contributed by atoms with Crippen LogP contribution in [0.4, 0.5) is 0 Å². The van der Waals surface area contributed by atoms with E-state index in [1.54, 1.807) is 18.5 Å². The fraction of sp³-hybridized carbons (Fsp3) is 0.214. The van der Waals surface area contributed by atoms with Crippen LogP contribution in [0.2, 0.25) is 0 Å². The molecule has 0 bridgehead atoms. The molecule has 0 aromatic heterocycles. The average molecular weight is 201 g/mol. The van der Waals surface area contributed by atoms with E-state index in [0.29, 0.717) is 0 Å². The van der Waals surface area contributed by atoms with Gasteiger partial charge in [-0.1, -0.05) is 43.0 Å². The highest BCUT2D eigenvalue weighted by atomic mass is 14.7. The van der Waals surface area contributed by atoms with Gasteiger partial charge < -0.3 is 0 Å². The molecule has 0 N–H and O–H groups in total. The summed E-state index contributed by atoms with van der Waals surface area (Å²) in [7, 11) is 0. The molecule has 0 saturated carbocycles. The Morgan fingerprint density at radius 2 is 1.73 bits per heavy atom. The van der Waals surface area contributed by atoms with Crippen LogP contribution < -0.4 is 0 Å². The molecule has 0 atom stereocenters. The summed E-state index contributed by atoms with van der Waals surface area (Å²) in [6, 6.07) is 0. The van der Waals surface area contributed by atoms with E-state index in [9.17, 15) is 0 Å². The Hall–Kier alpha value is -1.63. The lowest BCUT2D eigenvalue weighted by molar-refractivity contribution is 1.35. The maximum atomic E-state index is 4.07. The highest BCUT2D eigenvalue weighted by Gasteiger charge is 1.92. The molecule has 0 saturated heterocycles. The van der Waals surface area contributed by atoms with Crippen LogP contribution in [0.3, 0.4) is 0 Å². The normalized spacial score (nSPS) is 12.7. The van der Waals surface area contributed by atoms with E-state index in [2.05, 4.69) is 38.1 Å². The van der Waals surface area contributed by atoms with Crippen molar-refractivity contribution in [1.29, 1.82) is 0 Å². The third-order valence-corrected chi connectivity index (χ3v) is 1.73. The van der Waals surface area contributed by atoms with Gasteiger partial charge in [0.25, 0.3) is 0 Å². The van der Waals surface area contributed by atoms with Crippen molar-refractivity contribution in [2.24, 2.45) is 4.99 Å². The van der Waals surface area contributed by atoms with Gasteiger partial charge in [0.05, 0.1) is 0 Å². The molecule has 0 aliphatic rings. The third-order valence-electron chi connectivity index (χ3n) is 1.73. The van der Waals surface area contributed by atoms with Crippen molar-refractivity contribution in [3.63, 3.8) is 0 Å². The lowest BCUT2D eigenvalue weighted by atomic mass is 10.1. The molecule has 1 nitrogen and oxygen atoms in total. The summed E-state index contributed by atoms with van der Waals surface area (Å²) in [5.74, 6) is 0. The molecule has 0 radical (unpaired) electrons. The summed E-state index contributed by atoms with van der Waals surface area (Å²) in [4.78, 5) is 4.07. The minimum Gasteiger partial charge on any atom is -0.264 e. The van der Waals surface area contributed by atoms with Crippen molar-refractivity contribution in [3.05, 3.63) is 60.4 Å². The zero-order valence-corrected chi connectivity index (χ0v) is 9.83. The minimum absolute atomic E-state index is 1.08. The molecule has 80 valence electrons. The molecule has 1 heteroatoms. The molecule has 0 fully saturated rings. The number of allylic oxidation sites excluding steroid dienone is 7. The monoisotopic (exact) mass is 201 g/mol. The van der Waals surface area contributed by atoms with E-state index in [-0.39, 0.29) is 0 Å². The second-order valence-corrected chi connectivity index (χ2v) is 3.42. The number of rotatable bonds is 5. The molecule has 15 heavy (non-hydrogen) atoms. The second-order valence-electron chi connectivity index (χ2n) is 3.42. The number of aliphatic imine (C=N–C) groups is 1. The van der Waals surface area contributed by atoms with Gasteiger partial charge in [-0.3, -0.25) is 4.99 Å². The fourth-order valence-electron chi connectivity index (χ4n) is 0.907. The first-order valence-electron chi connectivity index (χ1n) is 4.90. The van der Waals surface area contributed by atoms with Gasteiger partial charge >= 0.3 is 0 Å². The first-order valence-corrected chi connectivity index (χ1v) is 4.90. The highest BCUT2D eigenvalue weighted by molar-refractivity contribution is 5.70. The Bertz CT molecular complexity index is 334. The summed E-state index contributed by atoms with van der Waals surface area (Å²) >= 11 is 0. The Morgan fingerprint density at radius 3 is 2.20 bits per heavy atom. The third kappa shape index (κ3) is 6.44. The maximum Gasteiger partial charge on any atom is 0.0302 e. The van der Waals surface area contributed by atoms with Crippen LogP contribution in [-0.4, -0.2) is 6.21 Å². The van der Waals surface area contributed by atoms with Gasteiger partial charge in [-0.2, -0.15) is 0 Å². The van der Waals surface area contributed by atoms with E-state index < -0.39 is 0 Å². The summed E-state index contributed by atoms with van der Waals surface area (Å²) in [6.07, 6.45) is 11.0. The summed E-state index contributed by atoms with van der Waals surface area (Å²) in [5, 5.41) is 0. The summed E-state index contributed by atoms with van der Waals surface area (Å²) in [6.45, 7) is 13.5. The van der Waals surface area contributed by atoms with Crippen LogP contribution in [0.25, 0.3) is 0 Å². The molecule has 0 heterocycles. The van der Waals surface area contributed by atoms with Crippen molar-refractivity contribution in [3.8, 4) is 0 Å². The topological polar surface area (TPSA) is 12.4 Å². The zero-order valence-electron chi connectivity index (χ0n) is 9.83. The largest absolute Gasteiger partial charge is 0.264 e. The Labute approximate surface area is 92.9 Å². The van der Waals surface area contributed by atoms with Crippen molar-refractivity contribution in [1.82, 2.24) is 0 Å². The van der Waals surface area contributed by atoms with E-state index in [1.165, 1.54) is 5.57 Å². The van der Waals surface area contributed by atoms with Crippen LogP contribution in [0.5, 0.6) is 0 Å². The smallest absolute Gasteiger partial charge is 0.0302 e. The second kappa shape index (κ2) is 7.74. The van der Waals surface area contributed by atoms with Gasteiger partial charge in [0.15, 0.2) is 0 Å². The van der Waals surface area contributed by atoms with Crippen molar-refractivity contribution in [2.45, 2.75) is 20.8 Å². The van der Waals surface area contributed by atoms with Crippen LogP contribution in [0.1, 0.15) is 20.8 Å². The van der Waals surface area contributed by atoms with Crippen LogP contribution in [0.15, 0.2) is 65.4 Å². The Balaban J connectivity index is 4.82. The first kappa shape index (κ1) is 13.4. The molecule has 0 aliphatic carbocycles. The zero-order chi connectivity index (χ0) is 11.7. The Kier molecular flexibility index (Phi) is 6.90. The van der Waals surface area contributed by atoms with Crippen LogP contribution >= 0.6 is 0 Å². The first-order chi connectivity index (χ1) is 7.11. The molecule has 0 spiro atoms. The summed E-state index contributed by atoms with van der Waals surface area (Å²) in [5.41, 5.74) is 3.43. The van der Waals surface area contributed by atoms with Crippen molar-refractivity contribution < 1.29 is 0 Å².